The molecule has 0 aliphatic carbocycles. The minimum Gasteiger partial charge on any atom is -0.459 e. The fourth-order valence-electron chi connectivity index (χ4n) is 1.43. The molecule has 0 saturated heterocycles. The number of carbonyl (C=O) groups is 2. The second kappa shape index (κ2) is 6.06. The van der Waals surface area contributed by atoms with Crippen molar-refractivity contribution in [1.29, 1.82) is 0 Å². The molecule has 5 nitrogen and oxygen atoms in total. The Morgan fingerprint density at radius 1 is 1.16 bits per heavy atom. The highest BCUT2D eigenvalue weighted by molar-refractivity contribution is 6.31. The molecule has 19 heavy (non-hydrogen) atoms. The van der Waals surface area contributed by atoms with Gasteiger partial charge < -0.3 is 9.73 Å². The van der Waals surface area contributed by atoms with Crippen LogP contribution in [-0.4, -0.2) is 11.9 Å². The van der Waals surface area contributed by atoms with Crippen LogP contribution in [-0.2, 0) is 6.54 Å². The van der Waals surface area contributed by atoms with Crippen molar-refractivity contribution in [3.8, 4) is 0 Å². The zero-order valence-corrected chi connectivity index (χ0v) is 10.6. The van der Waals surface area contributed by atoms with Crippen molar-refractivity contribution in [3.63, 3.8) is 0 Å². The number of rotatable bonds is 3. The average Bonchev–Trinajstić information content (AvgIpc) is 2.91. The number of hydrogen-bond donors (Lipinski definition) is 2. The Labute approximate surface area is 114 Å². The molecule has 1 aromatic carbocycles. The molecule has 98 valence electrons. The molecule has 0 aliphatic heterocycles. The largest absolute Gasteiger partial charge is 0.459 e. The van der Waals surface area contributed by atoms with Crippen LogP contribution in [0.3, 0.4) is 0 Å². The van der Waals surface area contributed by atoms with Gasteiger partial charge in [-0.25, -0.2) is 4.79 Å². The summed E-state index contributed by atoms with van der Waals surface area (Å²) < 4.78 is 4.86. The number of imide groups is 1. The molecule has 0 aliphatic rings. The Morgan fingerprint density at radius 3 is 2.63 bits per heavy atom. The third-order valence-corrected chi connectivity index (χ3v) is 2.74. The summed E-state index contributed by atoms with van der Waals surface area (Å²) in [5.74, 6) is -0.519. The predicted molar refractivity (Wildman–Crippen MR) is 69.9 cm³/mol. The van der Waals surface area contributed by atoms with E-state index < -0.39 is 11.9 Å². The third kappa shape index (κ3) is 3.59. The minimum absolute atomic E-state index is 0.0768. The molecule has 0 unspecified atom stereocenters. The second-order valence-electron chi connectivity index (χ2n) is 3.71. The number of halogens is 1. The first-order chi connectivity index (χ1) is 9.16. The first-order valence-corrected chi connectivity index (χ1v) is 5.90. The molecule has 0 spiro atoms. The normalized spacial score (nSPS) is 9.95. The molecule has 0 saturated carbocycles. The molecule has 6 heteroatoms. The van der Waals surface area contributed by atoms with E-state index >= 15 is 0 Å². The number of carbonyl (C=O) groups excluding carboxylic acids is 2. The summed E-state index contributed by atoms with van der Waals surface area (Å²) >= 11 is 5.94. The summed E-state index contributed by atoms with van der Waals surface area (Å²) in [6, 6.07) is 9.55. The van der Waals surface area contributed by atoms with E-state index in [2.05, 4.69) is 10.6 Å². The third-order valence-electron chi connectivity index (χ3n) is 2.37. The van der Waals surface area contributed by atoms with Gasteiger partial charge in [-0.1, -0.05) is 29.8 Å². The van der Waals surface area contributed by atoms with Gasteiger partial charge in [0.1, 0.15) is 0 Å². The fourth-order valence-corrected chi connectivity index (χ4v) is 1.64. The molecule has 0 atom stereocenters. The smallest absolute Gasteiger partial charge is 0.322 e. The van der Waals surface area contributed by atoms with E-state index in [1.807, 2.05) is 6.07 Å². The zero-order chi connectivity index (χ0) is 13.7. The molecule has 2 aromatic rings. The number of furan rings is 1. The van der Waals surface area contributed by atoms with Gasteiger partial charge in [0, 0.05) is 11.6 Å². The predicted octanol–water partition coefficient (Wildman–Crippen LogP) is 2.57. The van der Waals surface area contributed by atoms with Crippen molar-refractivity contribution < 1.29 is 14.0 Å². The fraction of sp³-hybridized carbons (Fsp3) is 0.0769. The summed E-state index contributed by atoms with van der Waals surface area (Å²) in [7, 11) is 0. The van der Waals surface area contributed by atoms with Crippen LogP contribution in [0.25, 0.3) is 0 Å². The SMILES string of the molecule is O=C(NCc1ccccc1Cl)NC(=O)c1ccco1. The standard InChI is InChI=1S/C13H11ClN2O3/c14-10-5-2-1-4-9(10)8-15-13(18)16-12(17)11-6-3-7-19-11/h1-7H,8H2,(H2,15,16,17,18). The molecule has 3 amide bonds. The van der Waals surface area contributed by atoms with Gasteiger partial charge in [-0.05, 0) is 23.8 Å². The average molecular weight is 279 g/mol. The number of hydrogen-bond acceptors (Lipinski definition) is 3. The number of nitrogens with one attached hydrogen (secondary N) is 2. The number of benzene rings is 1. The van der Waals surface area contributed by atoms with Crippen LogP contribution < -0.4 is 10.6 Å². The molecule has 2 N–H and O–H groups in total. The topological polar surface area (TPSA) is 71.3 Å². The van der Waals surface area contributed by atoms with Crippen LogP contribution in [0.2, 0.25) is 5.02 Å². The van der Waals surface area contributed by atoms with Crippen LogP contribution >= 0.6 is 11.6 Å². The van der Waals surface area contributed by atoms with Crippen LogP contribution in [0.1, 0.15) is 16.1 Å². The van der Waals surface area contributed by atoms with Crippen molar-refractivity contribution in [1.82, 2.24) is 10.6 Å². The maximum absolute atomic E-state index is 11.5. The Hall–Kier alpha value is -2.27. The lowest BCUT2D eigenvalue weighted by Crippen LogP contribution is -2.38. The Morgan fingerprint density at radius 2 is 1.95 bits per heavy atom. The van der Waals surface area contributed by atoms with Gasteiger partial charge in [-0.2, -0.15) is 0 Å². The first-order valence-electron chi connectivity index (χ1n) is 5.53. The lowest BCUT2D eigenvalue weighted by Gasteiger charge is -2.07. The van der Waals surface area contributed by atoms with Crippen LogP contribution in [0.15, 0.2) is 47.1 Å². The van der Waals surface area contributed by atoms with Gasteiger partial charge >= 0.3 is 6.03 Å². The lowest BCUT2D eigenvalue weighted by atomic mass is 10.2. The zero-order valence-electron chi connectivity index (χ0n) is 9.85. The van der Waals surface area contributed by atoms with E-state index in [9.17, 15) is 9.59 Å². The van der Waals surface area contributed by atoms with Crippen LogP contribution in [0.4, 0.5) is 4.79 Å². The number of amides is 3. The Bertz CT molecular complexity index is 581. The Kier molecular flexibility index (Phi) is 4.20. The molecule has 0 radical (unpaired) electrons. The molecular formula is C13H11ClN2O3. The van der Waals surface area contributed by atoms with E-state index in [0.717, 1.165) is 5.56 Å². The van der Waals surface area contributed by atoms with E-state index in [1.165, 1.54) is 12.3 Å². The van der Waals surface area contributed by atoms with E-state index in [0.29, 0.717) is 5.02 Å². The van der Waals surface area contributed by atoms with E-state index in [1.54, 1.807) is 24.3 Å². The summed E-state index contributed by atoms with van der Waals surface area (Å²) in [5, 5.41) is 5.24. The summed E-state index contributed by atoms with van der Waals surface area (Å²) in [6.45, 7) is 0.233. The van der Waals surface area contributed by atoms with Crippen molar-refractivity contribution in [2.24, 2.45) is 0 Å². The maximum atomic E-state index is 11.5. The molecule has 1 aromatic heterocycles. The summed E-state index contributed by atoms with van der Waals surface area (Å²) in [4.78, 5) is 23.0. The van der Waals surface area contributed by atoms with Gasteiger partial charge in [0.05, 0.1) is 6.26 Å². The van der Waals surface area contributed by atoms with Crippen molar-refractivity contribution in [2.75, 3.05) is 0 Å². The Balaban J connectivity index is 1.85. The van der Waals surface area contributed by atoms with Gasteiger partial charge in [0.15, 0.2) is 5.76 Å². The van der Waals surface area contributed by atoms with Crippen molar-refractivity contribution in [2.45, 2.75) is 6.54 Å². The van der Waals surface area contributed by atoms with Gasteiger partial charge in [-0.15, -0.1) is 0 Å². The molecule has 1 heterocycles. The van der Waals surface area contributed by atoms with Gasteiger partial charge in [0.25, 0.3) is 5.91 Å². The highest BCUT2D eigenvalue weighted by Crippen LogP contribution is 2.14. The quantitative estimate of drug-likeness (QED) is 0.906. The molecule has 0 fully saturated rings. The second-order valence-corrected chi connectivity index (χ2v) is 4.11. The van der Waals surface area contributed by atoms with Crippen molar-refractivity contribution >= 4 is 23.5 Å². The monoisotopic (exact) mass is 278 g/mol. The summed E-state index contributed by atoms with van der Waals surface area (Å²) in [5.41, 5.74) is 0.768. The summed E-state index contributed by atoms with van der Waals surface area (Å²) in [6.07, 6.45) is 1.36. The lowest BCUT2D eigenvalue weighted by molar-refractivity contribution is 0.0936. The van der Waals surface area contributed by atoms with E-state index in [4.69, 9.17) is 16.0 Å². The first kappa shape index (κ1) is 13.2. The molecule has 2 rings (SSSR count). The van der Waals surface area contributed by atoms with Crippen molar-refractivity contribution in [3.05, 3.63) is 59.0 Å². The van der Waals surface area contributed by atoms with Gasteiger partial charge in [0.2, 0.25) is 0 Å². The number of urea groups is 1. The highest BCUT2D eigenvalue weighted by Gasteiger charge is 2.12. The van der Waals surface area contributed by atoms with Crippen LogP contribution in [0, 0.1) is 0 Å². The van der Waals surface area contributed by atoms with E-state index in [-0.39, 0.29) is 12.3 Å². The molecular weight excluding hydrogens is 268 g/mol. The van der Waals surface area contributed by atoms with Gasteiger partial charge in [-0.3, -0.25) is 10.1 Å². The highest BCUT2D eigenvalue weighted by atomic mass is 35.5. The van der Waals surface area contributed by atoms with Crippen LogP contribution in [0.5, 0.6) is 0 Å². The maximum Gasteiger partial charge on any atom is 0.322 e. The minimum atomic E-state index is -0.610. The molecule has 0 bridgehead atoms.